The minimum Gasteiger partial charge on any atom is -0.215 e. The molecule has 0 unspecified atom stereocenters. The Kier molecular flexibility index (Phi) is 2.55. The summed E-state index contributed by atoms with van der Waals surface area (Å²) >= 11 is 0. The van der Waals surface area contributed by atoms with Crippen molar-refractivity contribution in [1.29, 1.82) is 0 Å². The summed E-state index contributed by atoms with van der Waals surface area (Å²) in [6.07, 6.45) is 8.18. The van der Waals surface area contributed by atoms with Crippen LogP contribution >= 0.6 is 0 Å². The van der Waals surface area contributed by atoms with Crippen LogP contribution in [-0.2, 0) is 10.0 Å². The van der Waals surface area contributed by atoms with Crippen LogP contribution < -0.4 is 4.72 Å². The molecule has 4 aliphatic carbocycles. The minimum absolute atomic E-state index is 0.627. The Balaban J connectivity index is 1.68. The van der Waals surface area contributed by atoms with Crippen LogP contribution in [0.25, 0.3) is 0 Å². The Labute approximate surface area is 98.0 Å². The third-order valence-corrected chi connectivity index (χ3v) is 5.69. The van der Waals surface area contributed by atoms with Gasteiger partial charge < -0.3 is 0 Å². The second-order valence-corrected chi connectivity index (χ2v) is 8.05. The zero-order chi connectivity index (χ0) is 11.3. The highest BCUT2D eigenvalue weighted by Gasteiger charge is 2.47. The van der Waals surface area contributed by atoms with Gasteiger partial charge in [-0.15, -0.1) is 0 Å². The molecule has 0 aromatic carbocycles. The first-order valence-corrected chi connectivity index (χ1v) is 8.35. The summed E-state index contributed by atoms with van der Waals surface area (Å²) in [5.41, 5.74) is 0. The van der Waals surface area contributed by atoms with Gasteiger partial charge in [0.25, 0.3) is 0 Å². The molecule has 4 heteroatoms. The predicted octanol–water partition coefficient (Wildman–Crippen LogP) is 1.61. The Morgan fingerprint density at radius 1 is 1.00 bits per heavy atom. The van der Waals surface area contributed by atoms with Crippen molar-refractivity contribution in [3.05, 3.63) is 0 Å². The van der Waals surface area contributed by atoms with Gasteiger partial charge in [0.05, 0.1) is 6.26 Å². The highest BCUT2D eigenvalue weighted by Crippen LogP contribution is 2.56. The third-order valence-electron chi connectivity index (χ3n) is 5.00. The summed E-state index contributed by atoms with van der Waals surface area (Å²) in [6.45, 7) is 0.688. The maximum absolute atomic E-state index is 11.2. The maximum atomic E-state index is 11.2. The Bertz CT molecular complexity index is 348. The fourth-order valence-corrected chi connectivity index (χ4v) is 5.11. The maximum Gasteiger partial charge on any atom is 0.208 e. The Morgan fingerprint density at radius 3 is 1.94 bits per heavy atom. The molecule has 16 heavy (non-hydrogen) atoms. The van der Waals surface area contributed by atoms with E-state index in [2.05, 4.69) is 4.72 Å². The second-order valence-electron chi connectivity index (χ2n) is 6.22. The fourth-order valence-electron chi connectivity index (χ4n) is 4.62. The normalized spacial score (nSPS) is 46.2. The molecular weight excluding hydrogens is 222 g/mol. The van der Waals surface area contributed by atoms with E-state index in [4.69, 9.17) is 0 Å². The highest BCUT2D eigenvalue weighted by atomic mass is 32.2. The SMILES string of the molecule is CS(=O)(=O)NCC1C2CC3CC(C2)CC1C3. The van der Waals surface area contributed by atoms with Crippen LogP contribution in [-0.4, -0.2) is 21.2 Å². The van der Waals surface area contributed by atoms with Crippen LogP contribution in [0.3, 0.4) is 0 Å². The lowest BCUT2D eigenvalue weighted by molar-refractivity contribution is -0.0335. The van der Waals surface area contributed by atoms with E-state index in [9.17, 15) is 8.42 Å². The van der Waals surface area contributed by atoms with Gasteiger partial charge in [-0.05, 0) is 61.7 Å². The average Bonchev–Trinajstić information content (AvgIpc) is 2.13. The van der Waals surface area contributed by atoms with Gasteiger partial charge in [0.15, 0.2) is 0 Å². The van der Waals surface area contributed by atoms with Gasteiger partial charge in [0.1, 0.15) is 0 Å². The highest BCUT2D eigenvalue weighted by molar-refractivity contribution is 7.88. The van der Waals surface area contributed by atoms with Crippen LogP contribution in [0.1, 0.15) is 32.1 Å². The zero-order valence-electron chi connectivity index (χ0n) is 9.85. The Morgan fingerprint density at radius 2 is 1.50 bits per heavy atom. The van der Waals surface area contributed by atoms with E-state index in [1.807, 2.05) is 0 Å². The van der Waals surface area contributed by atoms with Crippen molar-refractivity contribution in [1.82, 2.24) is 4.72 Å². The van der Waals surface area contributed by atoms with Gasteiger partial charge in [-0.25, -0.2) is 13.1 Å². The summed E-state index contributed by atoms with van der Waals surface area (Å²) in [7, 11) is -3.01. The lowest BCUT2D eigenvalue weighted by Crippen LogP contribution is -2.48. The zero-order valence-corrected chi connectivity index (χ0v) is 10.7. The molecule has 0 aliphatic heterocycles. The number of hydrogen-bond acceptors (Lipinski definition) is 2. The summed E-state index contributed by atoms with van der Waals surface area (Å²) in [6, 6.07) is 0. The first kappa shape index (κ1) is 11.0. The molecule has 0 aromatic rings. The van der Waals surface area contributed by atoms with E-state index in [1.165, 1.54) is 38.4 Å². The van der Waals surface area contributed by atoms with E-state index in [0.717, 1.165) is 23.7 Å². The van der Waals surface area contributed by atoms with Crippen molar-refractivity contribution in [2.75, 3.05) is 12.8 Å². The van der Waals surface area contributed by atoms with Gasteiger partial charge in [-0.2, -0.15) is 0 Å². The van der Waals surface area contributed by atoms with Crippen molar-refractivity contribution >= 4 is 10.0 Å². The fraction of sp³-hybridized carbons (Fsp3) is 1.00. The lowest BCUT2D eigenvalue weighted by atomic mass is 9.52. The molecule has 0 saturated heterocycles. The lowest BCUT2D eigenvalue weighted by Gasteiger charge is -2.54. The number of nitrogens with one attached hydrogen (secondary N) is 1. The largest absolute Gasteiger partial charge is 0.215 e. The molecule has 4 bridgehead atoms. The third kappa shape index (κ3) is 2.02. The van der Waals surface area contributed by atoms with Crippen LogP contribution in [0.4, 0.5) is 0 Å². The topological polar surface area (TPSA) is 46.2 Å². The van der Waals surface area contributed by atoms with E-state index in [1.54, 1.807) is 0 Å². The standard InChI is InChI=1S/C12H21NO2S/c1-16(14,15)13-7-12-10-3-8-2-9(5-10)6-11(12)4-8/h8-13H,2-7H2,1H3. The number of sulfonamides is 1. The molecule has 4 fully saturated rings. The van der Waals surface area contributed by atoms with Gasteiger partial charge in [0, 0.05) is 6.54 Å². The summed E-state index contributed by atoms with van der Waals surface area (Å²) in [4.78, 5) is 0. The van der Waals surface area contributed by atoms with Crippen LogP contribution in [0.2, 0.25) is 0 Å². The van der Waals surface area contributed by atoms with Crippen molar-refractivity contribution in [2.24, 2.45) is 29.6 Å². The molecule has 0 atom stereocenters. The quantitative estimate of drug-likeness (QED) is 0.818. The minimum atomic E-state index is -3.01. The van der Waals surface area contributed by atoms with Gasteiger partial charge >= 0.3 is 0 Å². The molecule has 0 radical (unpaired) electrons. The van der Waals surface area contributed by atoms with Crippen molar-refractivity contribution < 1.29 is 8.42 Å². The monoisotopic (exact) mass is 243 g/mol. The smallest absolute Gasteiger partial charge is 0.208 e. The number of rotatable bonds is 3. The van der Waals surface area contributed by atoms with Gasteiger partial charge in [0.2, 0.25) is 10.0 Å². The molecule has 4 rings (SSSR count). The molecule has 0 heterocycles. The molecule has 3 nitrogen and oxygen atoms in total. The molecule has 92 valence electrons. The predicted molar refractivity (Wildman–Crippen MR) is 63.4 cm³/mol. The molecule has 0 aromatic heterocycles. The molecular formula is C12H21NO2S. The van der Waals surface area contributed by atoms with E-state index in [-0.39, 0.29) is 0 Å². The molecule has 0 amide bonds. The molecule has 4 aliphatic rings. The van der Waals surface area contributed by atoms with Crippen molar-refractivity contribution in [3.63, 3.8) is 0 Å². The van der Waals surface area contributed by atoms with Crippen LogP contribution in [0, 0.1) is 29.6 Å². The van der Waals surface area contributed by atoms with Crippen molar-refractivity contribution in [3.8, 4) is 0 Å². The van der Waals surface area contributed by atoms with Gasteiger partial charge in [-0.3, -0.25) is 0 Å². The average molecular weight is 243 g/mol. The summed E-state index contributed by atoms with van der Waals surface area (Å²) < 4.78 is 25.0. The first-order valence-electron chi connectivity index (χ1n) is 6.46. The Hall–Kier alpha value is -0.0900. The van der Waals surface area contributed by atoms with Gasteiger partial charge in [-0.1, -0.05) is 0 Å². The number of hydrogen-bond donors (Lipinski definition) is 1. The molecule has 0 spiro atoms. The molecule has 1 N–H and O–H groups in total. The van der Waals surface area contributed by atoms with E-state index >= 15 is 0 Å². The van der Waals surface area contributed by atoms with Crippen molar-refractivity contribution in [2.45, 2.75) is 32.1 Å². The van der Waals surface area contributed by atoms with E-state index in [0.29, 0.717) is 12.5 Å². The first-order chi connectivity index (χ1) is 7.51. The second kappa shape index (κ2) is 3.70. The van der Waals surface area contributed by atoms with Crippen LogP contribution in [0.15, 0.2) is 0 Å². The van der Waals surface area contributed by atoms with Crippen LogP contribution in [0.5, 0.6) is 0 Å². The van der Waals surface area contributed by atoms with E-state index < -0.39 is 10.0 Å². The molecule has 4 saturated carbocycles. The summed E-state index contributed by atoms with van der Waals surface area (Å²) in [5, 5.41) is 0. The summed E-state index contributed by atoms with van der Waals surface area (Å²) in [5.74, 6) is 4.19.